The number of carbonyl (C=O) groups excluding carboxylic acids is 1. The quantitative estimate of drug-likeness (QED) is 0.578. The second-order valence-corrected chi connectivity index (χ2v) is 9.23. The lowest BCUT2D eigenvalue weighted by Crippen LogP contribution is -2.41. The van der Waals surface area contributed by atoms with Crippen molar-refractivity contribution in [1.82, 2.24) is 15.3 Å². The first-order chi connectivity index (χ1) is 17.0. The van der Waals surface area contributed by atoms with Crippen LogP contribution < -0.4 is 15.0 Å². The van der Waals surface area contributed by atoms with Crippen molar-refractivity contribution in [1.29, 1.82) is 0 Å². The lowest BCUT2D eigenvalue weighted by molar-refractivity contribution is 0.0908. The molecule has 2 fully saturated rings. The molecule has 1 saturated carbocycles. The maximum atomic E-state index is 13.8. The molecule has 0 unspecified atom stereocenters. The number of methoxy groups -OCH3 is 1. The van der Waals surface area contributed by atoms with Gasteiger partial charge in [0.05, 0.1) is 25.9 Å². The third-order valence-electron chi connectivity index (χ3n) is 7.28. The summed E-state index contributed by atoms with van der Waals surface area (Å²) in [5.41, 5.74) is 1.14. The van der Waals surface area contributed by atoms with E-state index in [4.69, 9.17) is 9.47 Å². The highest BCUT2D eigenvalue weighted by molar-refractivity contribution is 5.95. The number of hydrogen-bond acceptors (Lipinski definition) is 6. The van der Waals surface area contributed by atoms with Crippen molar-refractivity contribution in [3.63, 3.8) is 0 Å². The van der Waals surface area contributed by atoms with Gasteiger partial charge >= 0.3 is 0 Å². The number of nitrogens with zero attached hydrogens (tertiary/aromatic N) is 3. The van der Waals surface area contributed by atoms with Crippen molar-refractivity contribution >= 4 is 11.7 Å². The number of pyridine rings is 2. The number of rotatable bonds is 8. The van der Waals surface area contributed by atoms with Crippen molar-refractivity contribution in [2.24, 2.45) is 5.92 Å². The summed E-state index contributed by atoms with van der Waals surface area (Å²) < 4.78 is 38.0. The molecule has 2 aromatic rings. The minimum absolute atomic E-state index is 0.00659. The molecule has 190 valence electrons. The molecule has 35 heavy (non-hydrogen) atoms. The van der Waals surface area contributed by atoms with Gasteiger partial charge in [-0.25, -0.2) is 18.7 Å². The van der Waals surface area contributed by atoms with Gasteiger partial charge in [0.1, 0.15) is 5.82 Å². The number of aromatic nitrogens is 2. The molecule has 1 amide bonds. The lowest BCUT2D eigenvalue weighted by atomic mass is 9.74. The van der Waals surface area contributed by atoms with Gasteiger partial charge in [-0.1, -0.05) is 6.92 Å². The van der Waals surface area contributed by atoms with Crippen LogP contribution in [0, 0.1) is 5.92 Å². The third-order valence-corrected chi connectivity index (χ3v) is 7.28. The van der Waals surface area contributed by atoms with Gasteiger partial charge in [0, 0.05) is 37.1 Å². The zero-order chi connectivity index (χ0) is 24.8. The van der Waals surface area contributed by atoms with Crippen LogP contribution in [0.1, 0.15) is 72.9 Å². The highest BCUT2D eigenvalue weighted by Gasteiger charge is 2.32. The minimum Gasteiger partial charge on any atom is -0.481 e. The smallest absolute Gasteiger partial charge is 0.269 e. The Bertz CT molecular complexity index is 992. The molecule has 0 aromatic carbocycles. The van der Waals surface area contributed by atoms with Crippen LogP contribution in [0.3, 0.4) is 0 Å². The molecule has 1 N–H and O–H groups in total. The molecule has 0 radical (unpaired) electrons. The summed E-state index contributed by atoms with van der Waals surface area (Å²) >= 11 is 0. The first kappa shape index (κ1) is 25.3. The third kappa shape index (κ3) is 5.89. The topological polar surface area (TPSA) is 76.6 Å². The number of amides is 1. The first-order valence-corrected chi connectivity index (χ1v) is 12.4. The van der Waals surface area contributed by atoms with Gasteiger partial charge in [0.15, 0.2) is 0 Å². The van der Waals surface area contributed by atoms with E-state index >= 15 is 0 Å². The summed E-state index contributed by atoms with van der Waals surface area (Å²) in [6, 6.07) is 5.31. The highest BCUT2D eigenvalue weighted by atomic mass is 19.3. The van der Waals surface area contributed by atoms with Crippen LogP contribution in [0.2, 0.25) is 0 Å². The normalized spacial score (nSPS) is 21.6. The van der Waals surface area contributed by atoms with Crippen molar-refractivity contribution in [2.75, 3.05) is 38.3 Å². The second kappa shape index (κ2) is 11.7. The van der Waals surface area contributed by atoms with E-state index in [1.54, 1.807) is 24.5 Å². The Labute approximate surface area is 205 Å². The van der Waals surface area contributed by atoms with E-state index in [-0.39, 0.29) is 29.3 Å². The lowest BCUT2D eigenvalue weighted by Gasteiger charge is -2.35. The molecule has 3 heterocycles. The average Bonchev–Trinajstić information content (AvgIpc) is 2.91. The fourth-order valence-electron chi connectivity index (χ4n) is 5.37. The Hall–Kier alpha value is -2.81. The molecule has 1 saturated heterocycles. The predicted molar refractivity (Wildman–Crippen MR) is 129 cm³/mol. The fourth-order valence-corrected chi connectivity index (χ4v) is 5.37. The molecule has 1 aliphatic heterocycles. The van der Waals surface area contributed by atoms with E-state index in [2.05, 4.69) is 27.1 Å². The van der Waals surface area contributed by atoms with Crippen LogP contribution >= 0.6 is 0 Å². The van der Waals surface area contributed by atoms with Gasteiger partial charge in [-0.3, -0.25) is 4.79 Å². The van der Waals surface area contributed by atoms with E-state index < -0.39 is 6.43 Å². The molecular weight excluding hydrogens is 454 g/mol. The molecule has 9 heteroatoms. The Morgan fingerprint density at radius 2 is 1.89 bits per heavy atom. The Balaban J connectivity index is 1.39. The van der Waals surface area contributed by atoms with Crippen molar-refractivity contribution < 1.29 is 23.0 Å². The van der Waals surface area contributed by atoms with Crippen LogP contribution in [-0.4, -0.2) is 55.3 Å². The molecule has 1 atom stereocenters. The van der Waals surface area contributed by atoms with Gasteiger partial charge in [-0.2, -0.15) is 0 Å². The maximum absolute atomic E-state index is 13.8. The number of carbonyl (C=O) groups is 1. The van der Waals surface area contributed by atoms with Crippen LogP contribution in [-0.2, 0) is 4.74 Å². The molecule has 0 spiro atoms. The number of hydrogen-bond donors (Lipinski definition) is 1. The van der Waals surface area contributed by atoms with Crippen LogP contribution in [0.4, 0.5) is 14.6 Å². The largest absolute Gasteiger partial charge is 0.481 e. The highest BCUT2D eigenvalue weighted by Crippen LogP contribution is 2.42. The van der Waals surface area contributed by atoms with Crippen molar-refractivity contribution in [3.05, 3.63) is 47.3 Å². The van der Waals surface area contributed by atoms with E-state index in [0.29, 0.717) is 30.3 Å². The van der Waals surface area contributed by atoms with Gasteiger partial charge in [0.2, 0.25) is 5.88 Å². The number of morpholine rings is 1. The average molecular weight is 489 g/mol. The van der Waals surface area contributed by atoms with E-state index in [1.807, 2.05) is 6.07 Å². The van der Waals surface area contributed by atoms with E-state index in [0.717, 1.165) is 51.0 Å². The molecule has 2 aromatic heterocycles. The summed E-state index contributed by atoms with van der Waals surface area (Å²) in [6.45, 7) is 4.91. The number of alkyl halides is 2. The van der Waals surface area contributed by atoms with Crippen LogP contribution in [0.5, 0.6) is 5.88 Å². The second-order valence-electron chi connectivity index (χ2n) is 9.23. The number of halogens is 2. The molecule has 7 nitrogen and oxygen atoms in total. The SMILES string of the molecule is CC[C@H](NC(=O)c1ccnc(N2CCOCC2)c1)C1CCC(c2ccnc(OC)c2C(F)F)CC1. The Morgan fingerprint density at radius 1 is 1.17 bits per heavy atom. The monoisotopic (exact) mass is 488 g/mol. The molecule has 2 aliphatic rings. The van der Waals surface area contributed by atoms with Gasteiger partial charge in [-0.15, -0.1) is 0 Å². The van der Waals surface area contributed by atoms with Crippen molar-refractivity contribution in [3.8, 4) is 5.88 Å². The molecule has 0 bridgehead atoms. The van der Waals surface area contributed by atoms with Crippen molar-refractivity contribution in [2.45, 2.75) is 57.4 Å². The van der Waals surface area contributed by atoms with Gasteiger partial charge < -0.3 is 19.7 Å². The summed E-state index contributed by atoms with van der Waals surface area (Å²) in [5.74, 6) is 1.04. The summed E-state index contributed by atoms with van der Waals surface area (Å²) in [7, 11) is 1.37. The van der Waals surface area contributed by atoms with Crippen LogP contribution in [0.15, 0.2) is 30.6 Å². The zero-order valence-electron chi connectivity index (χ0n) is 20.4. The molecule has 1 aliphatic carbocycles. The van der Waals surface area contributed by atoms with E-state index in [1.165, 1.54) is 7.11 Å². The summed E-state index contributed by atoms with van der Waals surface area (Å²) in [6.07, 6.45) is 4.72. The molecular formula is C26H34F2N4O3. The summed E-state index contributed by atoms with van der Waals surface area (Å²) in [5, 5.41) is 3.23. The van der Waals surface area contributed by atoms with Crippen LogP contribution in [0.25, 0.3) is 0 Å². The minimum atomic E-state index is -2.63. The fraction of sp³-hybridized carbons (Fsp3) is 0.577. The van der Waals surface area contributed by atoms with Gasteiger partial charge in [0.25, 0.3) is 12.3 Å². The summed E-state index contributed by atoms with van der Waals surface area (Å²) in [4.78, 5) is 23.6. The Morgan fingerprint density at radius 3 is 2.54 bits per heavy atom. The first-order valence-electron chi connectivity index (χ1n) is 12.4. The number of ether oxygens (including phenoxy) is 2. The Kier molecular flexibility index (Phi) is 8.49. The number of anilines is 1. The maximum Gasteiger partial charge on any atom is 0.269 e. The standard InChI is InChI=1S/C26H34F2N4O3/c1-3-21(31-25(33)19-8-10-29-22(16-19)32-12-14-35-15-13-32)18-6-4-17(5-7-18)20-9-11-30-26(34-2)23(20)24(27)28/h8-11,16-18,21,24H,3-7,12-15H2,1-2H3,(H,31,33)/t17?,18?,21-/m0/s1. The predicted octanol–water partition coefficient (Wildman–Crippen LogP) is 4.74. The van der Waals surface area contributed by atoms with E-state index in [9.17, 15) is 13.6 Å². The molecule has 4 rings (SSSR count). The zero-order valence-corrected chi connectivity index (χ0v) is 20.4. The van der Waals surface area contributed by atoms with Gasteiger partial charge in [-0.05, 0) is 67.7 Å². The number of nitrogens with one attached hydrogen (secondary N) is 1.